The van der Waals surface area contributed by atoms with Crippen LogP contribution in [0.5, 0.6) is 0 Å². The summed E-state index contributed by atoms with van der Waals surface area (Å²) in [7, 11) is 7.70. The van der Waals surface area contributed by atoms with Crippen LogP contribution in [0.15, 0.2) is 0 Å². The summed E-state index contributed by atoms with van der Waals surface area (Å²) in [6.07, 6.45) is 5.01. The summed E-state index contributed by atoms with van der Waals surface area (Å²) >= 11 is 4.94. The number of amides is 3. The van der Waals surface area contributed by atoms with Crippen molar-refractivity contribution >= 4 is 84.3 Å². The van der Waals surface area contributed by atoms with Gasteiger partial charge >= 0.3 is 29.5 Å². The second kappa shape index (κ2) is 21.6. The number of hydrogen-bond acceptors (Lipinski definition) is 13. The molecule has 2 rings (SSSR count). The molecule has 2 saturated heterocycles. The van der Waals surface area contributed by atoms with Crippen LogP contribution in [0.25, 0.3) is 0 Å². The van der Waals surface area contributed by atoms with Crippen LogP contribution >= 0.6 is 54.8 Å². The predicted octanol–water partition coefficient (Wildman–Crippen LogP) is 6.36. The Morgan fingerprint density at radius 1 is 0.795 bits per heavy atom. The first-order chi connectivity index (χ1) is 18.5. The fourth-order valence-electron chi connectivity index (χ4n) is 3.37. The minimum atomic E-state index is -1.06. The zero-order valence-corrected chi connectivity index (χ0v) is 26.1. The third-order valence-electron chi connectivity index (χ3n) is 5.12. The lowest BCUT2D eigenvalue weighted by atomic mass is 10.1. The second-order valence-corrected chi connectivity index (χ2v) is 14.4. The summed E-state index contributed by atoms with van der Waals surface area (Å²) in [5.74, 6) is 1.66. The van der Waals surface area contributed by atoms with Crippen LogP contribution in [0.3, 0.4) is 0 Å². The second-order valence-electron chi connectivity index (χ2n) is 8.51. The highest BCUT2D eigenvalue weighted by Crippen LogP contribution is 2.40. The van der Waals surface area contributed by atoms with Crippen LogP contribution in [-0.2, 0) is 28.5 Å². The quantitative estimate of drug-likeness (QED) is 0.0535. The maximum absolute atomic E-state index is 11.5. The molecular formula is C23H37ClN2O9S4. The van der Waals surface area contributed by atoms with E-state index in [0.717, 1.165) is 43.8 Å². The SMILES string of the molecule is CC(OC(=O)CCCC[C@@H]1CCSS1)OC(=O)NC(=O)Cl.CC(OC(N)=O)OC(=O)CCCC[C@@H]1CCSS1. The molecule has 0 aromatic heterocycles. The molecule has 2 heterocycles. The van der Waals surface area contributed by atoms with Gasteiger partial charge in [0.05, 0.1) is 0 Å². The fourth-order valence-corrected chi connectivity index (χ4v) is 9.50. The van der Waals surface area contributed by atoms with Gasteiger partial charge in [0.25, 0.3) is 0 Å². The van der Waals surface area contributed by atoms with Gasteiger partial charge in [0.1, 0.15) is 0 Å². The van der Waals surface area contributed by atoms with Gasteiger partial charge in [0.15, 0.2) is 0 Å². The summed E-state index contributed by atoms with van der Waals surface area (Å²) in [4.78, 5) is 54.7. The van der Waals surface area contributed by atoms with E-state index in [0.29, 0.717) is 11.7 Å². The molecule has 39 heavy (non-hydrogen) atoms. The molecule has 3 N–H and O–H groups in total. The number of rotatable bonds is 14. The van der Waals surface area contributed by atoms with Gasteiger partial charge in [-0.1, -0.05) is 56.0 Å². The van der Waals surface area contributed by atoms with Gasteiger partial charge < -0.3 is 24.7 Å². The number of primary amides is 1. The first-order valence-corrected chi connectivity index (χ1v) is 17.8. The molecule has 2 aliphatic rings. The number of nitrogens with two attached hydrogens (primary N) is 1. The average molecular weight is 649 g/mol. The number of carbonyl (C=O) groups is 5. The van der Waals surface area contributed by atoms with E-state index < -0.39 is 36.1 Å². The molecule has 2 aliphatic heterocycles. The number of unbranched alkanes of at least 4 members (excludes halogenated alkanes) is 2. The van der Waals surface area contributed by atoms with Crippen LogP contribution < -0.4 is 11.1 Å². The van der Waals surface area contributed by atoms with E-state index in [1.54, 1.807) is 5.32 Å². The molecule has 4 atom stereocenters. The molecule has 0 saturated carbocycles. The van der Waals surface area contributed by atoms with E-state index in [1.165, 1.54) is 38.2 Å². The number of alkyl carbamates (subject to hydrolysis) is 1. The molecule has 11 nitrogen and oxygen atoms in total. The molecule has 16 heteroatoms. The van der Waals surface area contributed by atoms with Gasteiger partial charge in [-0.25, -0.2) is 14.9 Å². The summed E-state index contributed by atoms with van der Waals surface area (Å²) in [6, 6.07) is 0. The van der Waals surface area contributed by atoms with Gasteiger partial charge in [-0.15, -0.1) is 0 Å². The number of imide groups is 1. The molecule has 2 fully saturated rings. The Labute approximate surface area is 250 Å². The molecule has 0 aromatic carbocycles. The lowest BCUT2D eigenvalue weighted by Crippen LogP contribution is -2.31. The first-order valence-electron chi connectivity index (χ1n) is 12.6. The van der Waals surface area contributed by atoms with Crippen molar-refractivity contribution in [3.63, 3.8) is 0 Å². The molecule has 0 aliphatic carbocycles. The summed E-state index contributed by atoms with van der Waals surface area (Å²) in [5.41, 5.74) is 4.80. The van der Waals surface area contributed by atoms with Gasteiger partial charge in [-0.3, -0.25) is 14.4 Å². The topological polar surface area (TPSA) is 160 Å². The minimum absolute atomic E-state index is 0.286. The molecule has 0 radical (unpaired) electrons. The van der Waals surface area contributed by atoms with Crippen molar-refractivity contribution in [3.8, 4) is 0 Å². The van der Waals surface area contributed by atoms with E-state index in [1.807, 2.05) is 43.2 Å². The van der Waals surface area contributed by atoms with E-state index in [4.69, 9.17) is 26.8 Å². The zero-order valence-electron chi connectivity index (χ0n) is 22.1. The highest BCUT2D eigenvalue weighted by atomic mass is 35.5. The Morgan fingerprint density at radius 2 is 1.26 bits per heavy atom. The Kier molecular flexibility index (Phi) is 19.8. The van der Waals surface area contributed by atoms with Crippen LogP contribution in [-0.4, -0.2) is 64.1 Å². The average Bonchev–Trinajstić information content (AvgIpc) is 3.53. The van der Waals surface area contributed by atoms with Crippen molar-refractivity contribution in [1.29, 1.82) is 0 Å². The third kappa shape index (κ3) is 20.4. The largest absolute Gasteiger partial charge is 0.425 e. The molecule has 0 aromatic rings. The molecule has 2 unspecified atom stereocenters. The Hall–Kier alpha value is -1.16. The van der Waals surface area contributed by atoms with Crippen LogP contribution in [0.2, 0.25) is 0 Å². The number of hydrogen-bond donors (Lipinski definition) is 2. The number of nitrogens with one attached hydrogen (secondary N) is 1. The first kappa shape index (κ1) is 35.9. The lowest BCUT2D eigenvalue weighted by Gasteiger charge is -2.13. The monoisotopic (exact) mass is 648 g/mol. The van der Waals surface area contributed by atoms with Crippen LogP contribution in [0, 0.1) is 0 Å². The summed E-state index contributed by atoms with van der Waals surface area (Å²) in [6.45, 7) is 2.86. The number of esters is 2. The maximum atomic E-state index is 11.5. The molecular weight excluding hydrogens is 612 g/mol. The highest BCUT2D eigenvalue weighted by molar-refractivity contribution is 8.77. The van der Waals surface area contributed by atoms with Gasteiger partial charge in [-0.05, 0) is 50.1 Å². The van der Waals surface area contributed by atoms with Crippen molar-refractivity contribution < 1.29 is 42.9 Å². The molecule has 0 bridgehead atoms. The maximum Gasteiger partial charge on any atom is 0.417 e. The number of carbonyl (C=O) groups excluding carboxylic acids is 5. The van der Waals surface area contributed by atoms with E-state index in [9.17, 15) is 24.0 Å². The normalized spacial score (nSPS) is 19.6. The van der Waals surface area contributed by atoms with Crippen molar-refractivity contribution in [2.45, 2.75) is 101 Å². The van der Waals surface area contributed by atoms with Crippen LogP contribution in [0.1, 0.15) is 78.1 Å². The fraction of sp³-hybridized carbons (Fsp3) is 0.783. The zero-order chi connectivity index (χ0) is 29.0. The Morgan fingerprint density at radius 3 is 1.64 bits per heavy atom. The highest BCUT2D eigenvalue weighted by Gasteiger charge is 2.18. The number of ether oxygens (including phenoxy) is 4. The van der Waals surface area contributed by atoms with E-state index in [2.05, 4.69) is 9.47 Å². The Bertz CT molecular complexity index is 785. The van der Waals surface area contributed by atoms with Crippen molar-refractivity contribution in [3.05, 3.63) is 0 Å². The molecule has 224 valence electrons. The van der Waals surface area contributed by atoms with E-state index in [-0.39, 0.29) is 12.4 Å². The van der Waals surface area contributed by atoms with Gasteiger partial charge in [-0.2, -0.15) is 0 Å². The van der Waals surface area contributed by atoms with Crippen LogP contribution in [0.4, 0.5) is 14.4 Å². The third-order valence-corrected chi connectivity index (χ3v) is 11.2. The molecule has 0 spiro atoms. The molecule has 3 amide bonds. The Balaban J connectivity index is 0.000000395. The van der Waals surface area contributed by atoms with E-state index >= 15 is 0 Å². The van der Waals surface area contributed by atoms with Crippen molar-refractivity contribution in [2.24, 2.45) is 5.73 Å². The van der Waals surface area contributed by atoms with Gasteiger partial charge in [0.2, 0.25) is 12.6 Å². The summed E-state index contributed by atoms with van der Waals surface area (Å²) < 4.78 is 18.9. The number of halogens is 1. The van der Waals surface area contributed by atoms with Gasteiger partial charge in [0, 0.05) is 48.7 Å². The smallest absolute Gasteiger partial charge is 0.417 e. The lowest BCUT2D eigenvalue weighted by molar-refractivity contribution is -0.166. The predicted molar refractivity (Wildman–Crippen MR) is 156 cm³/mol. The standard InChI is InChI=1S/C12H18ClNO5S2.C11H19NO4S2/c1-8(19-12(17)14-11(13)16)18-10(15)5-3-2-4-9-6-7-20-21-9;1-8(16-11(12)14)15-10(13)5-3-2-4-9-6-7-17-18-9/h8-9H,2-7H2,1H3,(H,14,16,17);8-9H,2-7H2,1H3,(H2,12,14)/t2*8?,9-/m11/s1. The van der Waals surface area contributed by atoms with Crippen molar-refractivity contribution in [1.82, 2.24) is 5.32 Å². The van der Waals surface area contributed by atoms with Crippen molar-refractivity contribution in [2.75, 3.05) is 11.5 Å². The minimum Gasteiger partial charge on any atom is -0.425 e. The summed E-state index contributed by atoms with van der Waals surface area (Å²) in [5, 5.41) is 2.08.